The molecule has 0 spiro atoms. The molecular formula is C11H17N5O. The van der Waals surface area contributed by atoms with Crippen LogP contribution in [0.25, 0.3) is 0 Å². The monoisotopic (exact) mass is 235 g/mol. The number of carbonyl (C=O) groups is 1. The Morgan fingerprint density at radius 1 is 1.41 bits per heavy atom. The van der Waals surface area contributed by atoms with Crippen molar-refractivity contribution in [3.63, 3.8) is 0 Å². The summed E-state index contributed by atoms with van der Waals surface area (Å²) in [7, 11) is 1.82. The molecule has 17 heavy (non-hydrogen) atoms. The molecule has 2 N–H and O–H groups in total. The molecule has 1 aliphatic heterocycles. The van der Waals surface area contributed by atoms with Gasteiger partial charge in [-0.1, -0.05) is 0 Å². The predicted octanol–water partition coefficient (Wildman–Crippen LogP) is 0.0341. The van der Waals surface area contributed by atoms with Crippen LogP contribution in [-0.2, 0) is 4.79 Å². The number of hydrogen-bond acceptors (Lipinski definition) is 5. The van der Waals surface area contributed by atoms with Gasteiger partial charge in [0.05, 0.1) is 0 Å². The van der Waals surface area contributed by atoms with Gasteiger partial charge in [0, 0.05) is 31.9 Å². The molecule has 0 aromatic carbocycles. The summed E-state index contributed by atoms with van der Waals surface area (Å²) in [5, 5.41) is 0. The first-order chi connectivity index (χ1) is 7.99. The number of amides is 1. The number of carbonyl (C=O) groups excluding carboxylic acids is 1. The van der Waals surface area contributed by atoms with Crippen LogP contribution in [0.1, 0.15) is 12.6 Å². The lowest BCUT2D eigenvalue weighted by atomic mass is 10.2. The van der Waals surface area contributed by atoms with E-state index in [1.54, 1.807) is 4.90 Å². The van der Waals surface area contributed by atoms with Gasteiger partial charge in [-0.05, 0) is 13.8 Å². The average Bonchev–Trinajstić information content (AvgIpc) is 2.24. The van der Waals surface area contributed by atoms with Crippen LogP contribution in [0.15, 0.2) is 6.07 Å². The van der Waals surface area contributed by atoms with E-state index in [9.17, 15) is 4.79 Å². The molecule has 0 bridgehead atoms. The zero-order valence-electron chi connectivity index (χ0n) is 10.3. The third-order valence-electron chi connectivity index (χ3n) is 3.03. The second kappa shape index (κ2) is 4.20. The second-order valence-corrected chi connectivity index (χ2v) is 4.35. The number of aryl methyl sites for hydroxylation is 1. The summed E-state index contributed by atoms with van der Waals surface area (Å²) in [6, 6.07) is 1.65. The third kappa shape index (κ3) is 2.15. The molecule has 1 aromatic heterocycles. The number of hydrogen-bond donors (Lipinski definition) is 1. The highest BCUT2D eigenvalue weighted by atomic mass is 16.2. The maximum atomic E-state index is 11.9. The van der Waals surface area contributed by atoms with Gasteiger partial charge < -0.3 is 15.5 Å². The van der Waals surface area contributed by atoms with E-state index >= 15 is 0 Å². The zero-order valence-corrected chi connectivity index (χ0v) is 10.3. The molecule has 0 aliphatic carbocycles. The van der Waals surface area contributed by atoms with E-state index in [1.807, 2.05) is 31.9 Å². The Kier molecular flexibility index (Phi) is 2.87. The topological polar surface area (TPSA) is 75.3 Å². The quantitative estimate of drug-likeness (QED) is 0.743. The van der Waals surface area contributed by atoms with E-state index in [1.165, 1.54) is 0 Å². The second-order valence-electron chi connectivity index (χ2n) is 4.35. The first kappa shape index (κ1) is 11.6. The van der Waals surface area contributed by atoms with Gasteiger partial charge in [-0.25, -0.2) is 4.98 Å². The van der Waals surface area contributed by atoms with Crippen molar-refractivity contribution >= 4 is 17.7 Å². The molecule has 2 heterocycles. The summed E-state index contributed by atoms with van der Waals surface area (Å²) in [6.45, 7) is 5.21. The van der Waals surface area contributed by atoms with Gasteiger partial charge in [0.1, 0.15) is 11.9 Å². The number of nitrogens with two attached hydrogens (primary N) is 1. The molecule has 92 valence electrons. The normalized spacial score (nSPS) is 20.9. The smallest absolute Gasteiger partial charge is 0.244 e. The number of anilines is 2. The van der Waals surface area contributed by atoms with Crippen molar-refractivity contribution in [3.8, 4) is 0 Å². The highest BCUT2D eigenvalue weighted by molar-refractivity contribution is 5.85. The van der Waals surface area contributed by atoms with Crippen LogP contribution < -0.4 is 10.6 Å². The first-order valence-corrected chi connectivity index (χ1v) is 5.62. The number of piperazine rings is 1. The summed E-state index contributed by atoms with van der Waals surface area (Å²) < 4.78 is 0. The molecule has 1 aromatic rings. The summed E-state index contributed by atoms with van der Waals surface area (Å²) in [6.07, 6.45) is 0. The van der Waals surface area contributed by atoms with Crippen molar-refractivity contribution in [3.05, 3.63) is 11.8 Å². The third-order valence-corrected chi connectivity index (χ3v) is 3.03. The fourth-order valence-corrected chi connectivity index (χ4v) is 2.05. The van der Waals surface area contributed by atoms with Crippen molar-refractivity contribution < 1.29 is 4.79 Å². The number of rotatable bonds is 1. The van der Waals surface area contributed by atoms with Crippen LogP contribution in [0, 0.1) is 6.92 Å². The lowest BCUT2D eigenvalue weighted by Crippen LogP contribution is -2.54. The number of likely N-dealkylation sites (N-methyl/N-ethyl adjacent to an activating group) is 1. The minimum absolute atomic E-state index is 0.103. The van der Waals surface area contributed by atoms with Gasteiger partial charge >= 0.3 is 0 Å². The molecule has 0 saturated carbocycles. The van der Waals surface area contributed by atoms with E-state index in [-0.39, 0.29) is 17.9 Å². The number of nitrogens with zero attached hydrogens (tertiary/aromatic N) is 4. The molecule has 1 aliphatic rings. The Labute approximate surface area is 100 Å². The standard InChI is InChI=1S/C11H17N5O/c1-7-6-9(14-11(12)13-7)16-5-4-15(3)10(17)8(16)2/h6,8H,4-5H2,1-3H3,(H2,12,13,14)/t8-/m0/s1. The van der Waals surface area contributed by atoms with Crippen LogP contribution in [0.3, 0.4) is 0 Å². The largest absolute Gasteiger partial charge is 0.368 e. The summed E-state index contributed by atoms with van der Waals surface area (Å²) >= 11 is 0. The Morgan fingerprint density at radius 2 is 2.12 bits per heavy atom. The fraction of sp³-hybridized carbons (Fsp3) is 0.545. The van der Waals surface area contributed by atoms with E-state index in [0.29, 0.717) is 6.54 Å². The van der Waals surface area contributed by atoms with E-state index in [4.69, 9.17) is 5.73 Å². The van der Waals surface area contributed by atoms with E-state index in [0.717, 1.165) is 18.1 Å². The molecule has 0 radical (unpaired) electrons. The van der Waals surface area contributed by atoms with Crippen molar-refractivity contribution in [1.82, 2.24) is 14.9 Å². The zero-order chi connectivity index (χ0) is 12.6. The SMILES string of the molecule is Cc1cc(N2CCN(C)C(=O)[C@@H]2C)nc(N)n1. The Balaban J connectivity index is 2.30. The highest BCUT2D eigenvalue weighted by Crippen LogP contribution is 2.19. The average molecular weight is 235 g/mol. The Morgan fingerprint density at radius 3 is 2.76 bits per heavy atom. The molecule has 1 amide bonds. The first-order valence-electron chi connectivity index (χ1n) is 5.62. The van der Waals surface area contributed by atoms with Crippen LogP contribution >= 0.6 is 0 Å². The minimum atomic E-state index is -0.206. The van der Waals surface area contributed by atoms with Crippen LogP contribution in [0.5, 0.6) is 0 Å². The molecule has 2 rings (SSSR count). The van der Waals surface area contributed by atoms with Crippen LogP contribution in [0.4, 0.5) is 11.8 Å². The van der Waals surface area contributed by atoms with Crippen molar-refractivity contribution in [2.24, 2.45) is 0 Å². The number of aromatic nitrogens is 2. The summed E-state index contributed by atoms with van der Waals surface area (Å²) in [5.74, 6) is 1.08. The summed E-state index contributed by atoms with van der Waals surface area (Å²) in [5.41, 5.74) is 6.44. The van der Waals surface area contributed by atoms with Crippen molar-refractivity contribution in [2.45, 2.75) is 19.9 Å². The Hall–Kier alpha value is -1.85. The molecular weight excluding hydrogens is 218 g/mol. The van der Waals surface area contributed by atoms with Crippen LogP contribution in [0.2, 0.25) is 0 Å². The van der Waals surface area contributed by atoms with Gasteiger partial charge in [0.15, 0.2) is 0 Å². The molecule has 1 fully saturated rings. The lowest BCUT2D eigenvalue weighted by Gasteiger charge is -2.38. The van der Waals surface area contributed by atoms with Crippen LogP contribution in [-0.4, -0.2) is 47.0 Å². The number of nitrogen functional groups attached to an aromatic ring is 1. The lowest BCUT2D eigenvalue weighted by molar-refractivity contribution is -0.132. The van der Waals surface area contributed by atoms with Crippen molar-refractivity contribution in [2.75, 3.05) is 30.8 Å². The molecule has 6 nitrogen and oxygen atoms in total. The van der Waals surface area contributed by atoms with Gasteiger partial charge in [-0.15, -0.1) is 0 Å². The highest BCUT2D eigenvalue weighted by Gasteiger charge is 2.30. The van der Waals surface area contributed by atoms with E-state index in [2.05, 4.69) is 9.97 Å². The summed E-state index contributed by atoms with van der Waals surface area (Å²) in [4.78, 5) is 23.8. The molecule has 1 saturated heterocycles. The predicted molar refractivity (Wildman–Crippen MR) is 65.6 cm³/mol. The van der Waals surface area contributed by atoms with Gasteiger partial charge in [0.2, 0.25) is 11.9 Å². The van der Waals surface area contributed by atoms with Gasteiger partial charge in [-0.2, -0.15) is 4.98 Å². The van der Waals surface area contributed by atoms with E-state index < -0.39 is 0 Å². The van der Waals surface area contributed by atoms with Gasteiger partial charge in [0.25, 0.3) is 0 Å². The maximum Gasteiger partial charge on any atom is 0.244 e. The fourth-order valence-electron chi connectivity index (χ4n) is 2.05. The molecule has 1 atom stereocenters. The minimum Gasteiger partial charge on any atom is -0.368 e. The van der Waals surface area contributed by atoms with Crippen molar-refractivity contribution in [1.29, 1.82) is 0 Å². The Bertz CT molecular complexity index is 427. The molecule has 0 unspecified atom stereocenters. The van der Waals surface area contributed by atoms with Gasteiger partial charge in [-0.3, -0.25) is 4.79 Å². The maximum absolute atomic E-state index is 11.9. The molecule has 6 heteroatoms.